The van der Waals surface area contributed by atoms with Crippen molar-refractivity contribution >= 4 is 11.8 Å². The molecule has 2 fully saturated rings. The quantitative estimate of drug-likeness (QED) is 0.763. The minimum atomic E-state index is -0.628. The molecule has 1 aromatic carbocycles. The molecule has 0 unspecified atom stereocenters. The van der Waals surface area contributed by atoms with Gasteiger partial charge in [0.1, 0.15) is 6.61 Å². The van der Waals surface area contributed by atoms with Crippen LogP contribution in [0.25, 0.3) is 0 Å². The van der Waals surface area contributed by atoms with Gasteiger partial charge >= 0.3 is 0 Å². The smallest absolute Gasteiger partial charge is 0.246 e. The first-order valence-corrected chi connectivity index (χ1v) is 9.59. The maximum Gasteiger partial charge on any atom is 0.246 e. The van der Waals surface area contributed by atoms with Gasteiger partial charge in [-0.05, 0) is 24.8 Å². The highest BCUT2D eigenvalue weighted by Crippen LogP contribution is 2.27. The number of hydrogen-bond donors (Lipinski definition) is 2. The molecule has 1 heterocycles. The van der Waals surface area contributed by atoms with E-state index in [1.165, 1.54) is 0 Å². The highest BCUT2D eigenvalue weighted by Gasteiger charge is 2.35. The molecule has 148 valence electrons. The van der Waals surface area contributed by atoms with Crippen molar-refractivity contribution in [3.63, 3.8) is 0 Å². The summed E-state index contributed by atoms with van der Waals surface area (Å²) in [5.74, 6) is -0.332. The van der Waals surface area contributed by atoms with Crippen LogP contribution in [0, 0.1) is 5.92 Å². The summed E-state index contributed by atoms with van der Waals surface area (Å²) in [7, 11) is 0. The lowest BCUT2D eigenvalue weighted by atomic mass is 9.82. The Kier molecular flexibility index (Phi) is 7.20. The van der Waals surface area contributed by atoms with Gasteiger partial charge in [0.05, 0.1) is 32.0 Å². The van der Waals surface area contributed by atoms with Crippen LogP contribution in [-0.2, 0) is 25.7 Å². The Morgan fingerprint density at radius 2 is 1.93 bits per heavy atom. The lowest BCUT2D eigenvalue weighted by Crippen LogP contribution is -2.52. The first-order valence-electron chi connectivity index (χ1n) is 9.59. The molecule has 2 amide bonds. The van der Waals surface area contributed by atoms with Gasteiger partial charge in [-0.15, -0.1) is 0 Å². The summed E-state index contributed by atoms with van der Waals surface area (Å²) in [6.07, 6.45) is 0.990. The van der Waals surface area contributed by atoms with Gasteiger partial charge in [0, 0.05) is 19.0 Å². The van der Waals surface area contributed by atoms with Crippen LogP contribution >= 0.6 is 0 Å². The summed E-state index contributed by atoms with van der Waals surface area (Å²) in [5, 5.41) is 13.1. The third kappa shape index (κ3) is 5.76. The zero-order chi connectivity index (χ0) is 19.1. The molecule has 7 heteroatoms. The van der Waals surface area contributed by atoms with E-state index in [9.17, 15) is 14.7 Å². The molecule has 1 aliphatic heterocycles. The maximum absolute atomic E-state index is 12.7. The molecule has 0 aromatic heterocycles. The summed E-state index contributed by atoms with van der Waals surface area (Å²) >= 11 is 0. The van der Waals surface area contributed by atoms with Crippen LogP contribution in [0.3, 0.4) is 0 Å². The summed E-state index contributed by atoms with van der Waals surface area (Å²) in [4.78, 5) is 26.7. The first-order chi connectivity index (χ1) is 13.1. The number of aliphatic hydroxyl groups excluding tert-OH is 1. The van der Waals surface area contributed by atoms with Crippen LogP contribution in [-0.4, -0.2) is 66.9 Å². The standard InChI is InChI=1S/C20H28N2O5/c23-18-7-6-16(20(25)22-8-10-26-11-9-22)12-17(18)21-19(24)14-27-13-15-4-2-1-3-5-15/h1-5,16-18,23H,6-14H2,(H,21,24)/t16-,17+,18+/m0/s1. The van der Waals surface area contributed by atoms with E-state index in [4.69, 9.17) is 9.47 Å². The Morgan fingerprint density at radius 3 is 2.67 bits per heavy atom. The number of nitrogens with zero attached hydrogens (tertiary/aromatic N) is 1. The van der Waals surface area contributed by atoms with Crippen molar-refractivity contribution in [3.05, 3.63) is 35.9 Å². The number of nitrogens with one attached hydrogen (secondary N) is 1. The van der Waals surface area contributed by atoms with Gasteiger partial charge in [-0.25, -0.2) is 0 Å². The van der Waals surface area contributed by atoms with E-state index >= 15 is 0 Å². The SMILES string of the molecule is O=C(COCc1ccccc1)N[C@@H]1C[C@@H](C(=O)N2CCOCC2)CC[C@H]1O. The van der Waals surface area contributed by atoms with Gasteiger partial charge in [-0.3, -0.25) is 9.59 Å². The zero-order valence-corrected chi connectivity index (χ0v) is 15.5. The highest BCUT2D eigenvalue weighted by atomic mass is 16.5. The predicted octanol–water partition coefficient (Wildman–Crippen LogP) is 0.708. The number of hydrogen-bond acceptors (Lipinski definition) is 5. The summed E-state index contributed by atoms with van der Waals surface area (Å²) in [6, 6.07) is 9.22. The van der Waals surface area contributed by atoms with Crippen LogP contribution in [0.4, 0.5) is 0 Å². The van der Waals surface area contributed by atoms with Gasteiger partial charge < -0.3 is 24.8 Å². The second-order valence-electron chi connectivity index (χ2n) is 7.17. The number of carbonyl (C=O) groups is 2. The predicted molar refractivity (Wildman–Crippen MR) is 98.8 cm³/mol. The monoisotopic (exact) mass is 376 g/mol. The number of morpholine rings is 1. The topological polar surface area (TPSA) is 88.1 Å². The number of rotatable bonds is 6. The molecule has 0 spiro atoms. The van der Waals surface area contributed by atoms with Crippen LogP contribution in [0.15, 0.2) is 30.3 Å². The lowest BCUT2D eigenvalue weighted by Gasteiger charge is -2.36. The number of aliphatic hydroxyl groups is 1. The van der Waals surface area contributed by atoms with E-state index in [1.807, 2.05) is 35.2 Å². The van der Waals surface area contributed by atoms with Gasteiger partial charge in [0.2, 0.25) is 11.8 Å². The van der Waals surface area contributed by atoms with Gasteiger partial charge in [-0.1, -0.05) is 30.3 Å². The molecule has 1 saturated heterocycles. The molecule has 1 aliphatic carbocycles. The van der Waals surface area contributed by atoms with Gasteiger partial charge in [0.15, 0.2) is 0 Å². The molecule has 0 bridgehead atoms. The minimum Gasteiger partial charge on any atom is -0.391 e. The van der Waals surface area contributed by atoms with Crippen LogP contribution in [0.1, 0.15) is 24.8 Å². The lowest BCUT2D eigenvalue weighted by molar-refractivity contribution is -0.142. The Morgan fingerprint density at radius 1 is 1.19 bits per heavy atom. The molecule has 0 radical (unpaired) electrons. The minimum absolute atomic E-state index is 0.0693. The Bertz CT molecular complexity index is 618. The van der Waals surface area contributed by atoms with Gasteiger partial charge in [-0.2, -0.15) is 0 Å². The zero-order valence-electron chi connectivity index (χ0n) is 15.5. The van der Waals surface area contributed by atoms with E-state index in [1.54, 1.807) is 0 Å². The molecule has 2 N–H and O–H groups in total. The van der Waals surface area contributed by atoms with Crippen LogP contribution in [0.2, 0.25) is 0 Å². The summed E-state index contributed by atoms with van der Waals surface area (Å²) in [6.45, 7) is 2.66. The van der Waals surface area contributed by atoms with E-state index in [2.05, 4.69) is 5.32 Å². The first kappa shape index (κ1) is 19.8. The molecule has 2 aliphatic rings. The number of benzene rings is 1. The van der Waals surface area contributed by atoms with Crippen molar-refractivity contribution in [1.29, 1.82) is 0 Å². The molecule has 3 rings (SSSR count). The molecular formula is C20H28N2O5. The van der Waals surface area contributed by atoms with E-state index in [-0.39, 0.29) is 24.3 Å². The maximum atomic E-state index is 12.7. The van der Waals surface area contributed by atoms with Crippen molar-refractivity contribution in [2.45, 2.75) is 38.0 Å². The van der Waals surface area contributed by atoms with Gasteiger partial charge in [0.25, 0.3) is 0 Å². The molecule has 3 atom stereocenters. The normalized spacial score (nSPS) is 25.8. The Labute approximate surface area is 159 Å². The fourth-order valence-electron chi connectivity index (χ4n) is 3.66. The molecular weight excluding hydrogens is 348 g/mol. The third-order valence-corrected chi connectivity index (χ3v) is 5.18. The molecule has 27 heavy (non-hydrogen) atoms. The van der Waals surface area contributed by atoms with E-state index in [0.717, 1.165) is 5.56 Å². The van der Waals surface area contributed by atoms with Crippen LogP contribution < -0.4 is 5.32 Å². The highest BCUT2D eigenvalue weighted by molar-refractivity contribution is 5.80. The van der Waals surface area contributed by atoms with Crippen molar-refractivity contribution in [1.82, 2.24) is 10.2 Å². The molecule has 7 nitrogen and oxygen atoms in total. The third-order valence-electron chi connectivity index (χ3n) is 5.18. The second-order valence-corrected chi connectivity index (χ2v) is 7.17. The summed E-state index contributed by atoms with van der Waals surface area (Å²) < 4.78 is 10.7. The number of carbonyl (C=O) groups excluding carboxylic acids is 2. The Hall–Kier alpha value is -1.96. The van der Waals surface area contributed by atoms with Crippen molar-refractivity contribution in [3.8, 4) is 0 Å². The molecule has 1 aromatic rings. The van der Waals surface area contributed by atoms with E-state index in [0.29, 0.717) is 52.2 Å². The second kappa shape index (κ2) is 9.82. The fourth-order valence-corrected chi connectivity index (χ4v) is 3.66. The Balaban J connectivity index is 1.44. The van der Waals surface area contributed by atoms with E-state index < -0.39 is 12.1 Å². The number of amides is 2. The average molecular weight is 376 g/mol. The largest absolute Gasteiger partial charge is 0.391 e. The molecule has 1 saturated carbocycles. The van der Waals surface area contributed by atoms with Crippen LogP contribution in [0.5, 0.6) is 0 Å². The number of ether oxygens (including phenoxy) is 2. The average Bonchev–Trinajstić information content (AvgIpc) is 2.70. The van der Waals surface area contributed by atoms with Crippen molar-refractivity contribution < 1.29 is 24.2 Å². The van der Waals surface area contributed by atoms with Crippen molar-refractivity contribution in [2.24, 2.45) is 5.92 Å². The van der Waals surface area contributed by atoms with Crippen molar-refractivity contribution in [2.75, 3.05) is 32.9 Å². The fraction of sp³-hybridized carbons (Fsp3) is 0.600. The summed E-state index contributed by atoms with van der Waals surface area (Å²) in [5.41, 5.74) is 0.999.